The normalized spacial score (nSPS) is 17.6. The summed E-state index contributed by atoms with van der Waals surface area (Å²) in [5.74, 6) is 0.257. The molecule has 2 rings (SSSR count). The number of hydrogen-bond donors (Lipinski definition) is 0. The van der Waals surface area contributed by atoms with Gasteiger partial charge in [-0.1, -0.05) is 12.1 Å². The van der Waals surface area contributed by atoms with E-state index in [1.165, 1.54) is 5.56 Å². The highest BCUT2D eigenvalue weighted by Gasteiger charge is 2.22. The Kier molecular flexibility index (Phi) is 6.29. The van der Waals surface area contributed by atoms with Gasteiger partial charge in [0, 0.05) is 32.7 Å². The molecular weight excluding hydrogens is 294 g/mol. The minimum atomic E-state index is 0.0464. The molecule has 1 saturated heterocycles. The molecule has 0 saturated carbocycles. The van der Waals surface area contributed by atoms with E-state index in [1.807, 2.05) is 42.3 Å². The molecule has 1 aliphatic rings. The quantitative estimate of drug-likeness (QED) is 0.855. The van der Waals surface area contributed by atoms with Crippen LogP contribution in [0.4, 0.5) is 0 Å². The van der Waals surface area contributed by atoms with Gasteiger partial charge < -0.3 is 4.90 Å². The minimum absolute atomic E-state index is 0.0464. The Bertz CT molecular complexity index is 538. The molecule has 1 fully saturated rings. The predicted molar refractivity (Wildman–Crippen MR) is 90.6 cm³/mol. The number of rotatable bonds is 4. The van der Waals surface area contributed by atoms with Crippen molar-refractivity contribution in [1.29, 1.82) is 5.26 Å². The Hall–Kier alpha value is -1.51. The summed E-state index contributed by atoms with van der Waals surface area (Å²) >= 11 is 1.61. The molecule has 5 heteroatoms. The van der Waals surface area contributed by atoms with Gasteiger partial charge in [0.05, 0.1) is 16.9 Å². The maximum atomic E-state index is 12.3. The SMILES string of the molecule is CSC(C)C(=O)N1CCCN(Cc2ccc(C#N)cc2)CC1. The second-order valence-corrected chi connectivity index (χ2v) is 6.82. The Labute approximate surface area is 137 Å². The number of nitriles is 1. The van der Waals surface area contributed by atoms with Gasteiger partial charge in [-0.2, -0.15) is 17.0 Å². The van der Waals surface area contributed by atoms with Crippen LogP contribution in [0.5, 0.6) is 0 Å². The van der Waals surface area contributed by atoms with E-state index in [1.54, 1.807) is 11.8 Å². The van der Waals surface area contributed by atoms with Gasteiger partial charge in [-0.25, -0.2) is 0 Å². The highest BCUT2D eigenvalue weighted by Crippen LogP contribution is 2.14. The first kappa shape index (κ1) is 16.9. The second kappa shape index (κ2) is 8.21. The molecule has 1 unspecified atom stereocenters. The molecule has 0 bridgehead atoms. The summed E-state index contributed by atoms with van der Waals surface area (Å²) in [5, 5.41) is 8.88. The highest BCUT2D eigenvalue weighted by molar-refractivity contribution is 7.99. The van der Waals surface area contributed by atoms with Crippen molar-refractivity contribution in [3.63, 3.8) is 0 Å². The van der Waals surface area contributed by atoms with Crippen LogP contribution >= 0.6 is 11.8 Å². The standard InChI is InChI=1S/C17H23N3OS/c1-14(22-2)17(21)20-9-3-8-19(10-11-20)13-16-6-4-15(12-18)5-7-16/h4-7,14H,3,8-11,13H2,1-2H3. The molecule has 22 heavy (non-hydrogen) atoms. The number of amides is 1. The van der Waals surface area contributed by atoms with Crippen molar-refractivity contribution in [2.45, 2.75) is 25.1 Å². The fourth-order valence-corrected chi connectivity index (χ4v) is 3.00. The lowest BCUT2D eigenvalue weighted by Gasteiger charge is -2.24. The number of thioether (sulfide) groups is 1. The predicted octanol–water partition coefficient (Wildman–Crippen LogP) is 2.34. The van der Waals surface area contributed by atoms with Gasteiger partial charge in [0.2, 0.25) is 5.91 Å². The van der Waals surface area contributed by atoms with Gasteiger partial charge in [0.25, 0.3) is 0 Å². The van der Waals surface area contributed by atoms with Gasteiger partial charge in [-0.3, -0.25) is 9.69 Å². The van der Waals surface area contributed by atoms with E-state index >= 15 is 0 Å². The Balaban J connectivity index is 1.90. The summed E-state index contributed by atoms with van der Waals surface area (Å²) in [6.07, 6.45) is 3.00. The molecule has 1 aliphatic heterocycles. The smallest absolute Gasteiger partial charge is 0.235 e. The van der Waals surface area contributed by atoms with Crippen LogP contribution in [-0.4, -0.2) is 53.4 Å². The maximum absolute atomic E-state index is 12.3. The number of nitrogens with zero attached hydrogens (tertiary/aromatic N) is 3. The Morgan fingerprint density at radius 3 is 2.64 bits per heavy atom. The molecule has 1 aromatic rings. The van der Waals surface area contributed by atoms with Gasteiger partial charge in [-0.15, -0.1) is 0 Å². The van der Waals surface area contributed by atoms with Crippen molar-refractivity contribution in [3.8, 4) is 6.07 Å². The molecule has 0 aromatic heterocycles. The van der Waals surface area contributed by atoms with Crippen LogP contribution in [0.3, 0.4) is 0 Å². The third kappa shape index (κ3) is 4.49. The van der Waals surface area contributed by atoms with E-state index in [4.69, 9.17) is 5.26 Å². The lowest BCUT2D eigenvalue weighted by atomic mass is 10.1. The molecule has 1 aromatic carbocycles. The van der Waals surface area contributed by atoms with Gasteiger partial charge in [-0.05, 0) is 37.3 Å². The molecular formula is C17H23N3OS. The van der Waals surface area contributed by atoms with E-state index in [-0.39, 0.29) is 11.2 Å². The van der Waals surface area contributed by atoms with Crippen molar-refractivity contribution >= 4 is 17.7 Å². The summed E-state index contributed by atoms with van der Waals surface area (Å²) in [6.45, 7) is 6.44. The molecule has 0 aliphatic carbocycles. The zero-order valence-corrected chi connectivity index (χ0v) is 14.1. The fourth-order valence-electron chi connectivity index (χ4n) is 2.65. The molecule has 4 nitrogen and oxygen atoms in total. The zero-order valence-electron chi connectivity index (χ0n) is 13.3. The van der Waals surface area contributed by atoms with Crippen LogP contribution in [0.25, 0.3) is 0 Å². The van der Waals surface area contributed by atoms with Crippen molar-refractivity contribution in [2.75, 3.05) is 32.4 Å². The second-order valence-electron chi connectivity index (χ2n) is 5.64. The summed E-state index contributed by atoms with van der Waals surface area (Å²) in [6, 6.07) is 9.90. The third-order valence-corrected chi connectivity index (χ3v) is 5.00. The maximum Gasteiger partial charge on any atom is 0.235 e. The fraction of sp³-hybridized carbons (Fsp3) is 0.529. The van der Waals surface area contributed by atoms with Crippen molar-refractivity contribution in [1.82, 2.24) is 9.80 Å². The Morgan fingerprint density at radius 2 is 2.00 bits per heavy atom. The summed E-state index contributed by atoms with van der Waals surface area (Å²) in [5.41, 5.74) is 1.92. The van der Waals surface area contributed by atoms with E-state index in [0.717, 1.165) is 39.1 Å². The topological polar surface area (TPSA) is 47.3 Å². The van der Waals surface area contributed by atoms with Crippen LogP contribution in [-0.2, 0) is 11.3 Å². The lowest BCUT2D eigenvalue weighted by Crippen LogP contribution is -2.39. The van der Waals surface area contributed by atoms with Crippen LogP contribution in [0.15, 0.2) is 24.3 Å². The molecule has 1 atom stereocenters. The van der Waals surface area contributed by atoms with Crippen molar-refractivity contribution in [2.24, 2.45) is 0 Å². The number of benzene rings is 1. The number of carbonyl (C=O) groups excluding carboxylic acids is 1. The first-order valence-corrected chi connectivity index (χ1v) is 8.96. The molecule has 0 spiro atoms. The first-order chi connectivity index (χ1) is 10.6. The number of carbonyl (C=O) groups is 1. The summed E-state index contributed by atoms with van der Waals surface area (Å²) < 4.78 is 0. The zero-order chi connectivity index (χ0) is 15.9. The minimum Gasteiger partial charge on any atom is -0.340 e. The average molecular weight is 317 g/mol. The van der Waals surface area contributed by atoms with Crippen LogP contribution in [0.2, 0.25) is 0 Å². The summed E-state index contributed by atoms with van der Waals surface area (Å²) in [7, 11) is 0. The average Bonchev–Trinajstić information content (AvgIpc) is 2.79. The third-order valence-electron chi connectivity index (χ3n) is 4.09. The molecule has 0 radical (unpaired) electrons. The molecule has 0 N–H and O–H groups in total. The van der Waals surface area contributed by atoms with Gasteiger partial charge in [0.1, 0.15) is 0 Å². The monoisotopic (exact) mass is 317 g/mol. The van der Waals surface area contributed by atoms with Crippen LogP contribution in [0, 0.1) is 11.3 Å². The molecule has 1 amide bonds. The Morgan fingerprint density at radius 1 is 1.27 bits per heavy atom. The summed E-state index contributed by atoms with van der Waals surface area (Å²) in [4.78, 5) is 16.7. The van der Waals surface area contributed by atoms with E-state index < -0.39 is 0 Å². The first-order valence-electron chi connectivity index (χ1n) is 7.67. The van der Waals surface area contributed by atoms with Crippen LogP contribution in [0.1, 0.15) is 24.5 Å². The van der Waals surface area contributed by atoms with E-state index in [2.05, 4.69) is 11.0 Å². The molecule has 118 valence electrons. The van der Waals surface area contributed by atoms with Crippen molar-refractivity contribution < 1.29 is 4.79 Å². The van der Waals surface area contributed by atoms with Crippen molar-refractivity contribution in [3.05, 3.63) is 35.4 Å². The highest BCUT2D eigenvalue weighted by atomic mass is 32.2. The largest absolute Gasteiger partial charge is 0.340 e. The number of hydrogen-bond acceptors (Lipinski definition) is 4. The van der Waals surface area contributed by atoms with Crippen LogP contribution < -0.4 is 0 Å². The van der Waals surface area contributed by atoms with E-state index in [9.17, 15) is 4.79 Å². The lowest BCUT2D eigenvalue weighted by molar-refractivity contribution is -0.130. The van der Waals surface area contributed by atoms with Gasteiger partial charge in [0.15, 0.2) is 0 Å². The molecule has 1 heterocycles. The van der Waals surface area contributed by atoms with E-state index in [0.29, 0.717) is 5.56 Å². The van der Waals surface area contributed by atoms with Gasteiger partial charge >= 0.3 is 0 Å².